The minimum absolute atomic E-state index is 0. The van der Waals surface area contributed by atoms with Crippen molar-refractivity contribution in [3.05, 3.63) is 41.0 Å². The van der Waals surface area contributed by atoms with E-state index in [2.05, 4.69) is 35.8 Å². The second-order valence-electron chi connectivity index (χ2n) is 6.39. The predicted octanol–water partition coefficient (Wildman–Crippen LogP) is 3.66. The smallest absolute Gasteiger partial charge is 0.191 e. The van der Waals surface area contributed by atoms with Gasteiger partial charge in [0, 0.05) is 18.2 Å². The number of nitrogens with one attached hydrogen (secondary N) is 2. The van der Waals surface area contributed by atoms with E-state index in [9.17, 15) is 5.11 Å². The zero-order valence-electron chi connectivity index (χ0n) is 14.3. The fraction of sp³-hybridized carbons (Fsp3) is 0.526. The highest BCUT2D eigenvalue weighted by Crippen LogP contribution is 2.31. The first-order valence-electron chi connectivity index (χ1n) is 8.80. The van der Waals surface area contributed by atoms with Crippen molar-refractivity contribution < 1.29 is 5.11 Å². The molecule has 132 valence electrons. The summed E-state index contributed by atoms with van der Waals surface area (Å²) in [6.07, 6.45) is 11.2. The van der Waals surface area contributed by atoms with Crippen LogP contribution in [0.2, 0.25) is 0 Å². The van der Waals surface area contributed by atoms with E-state index in [1.807, 2.05) is 6.07 Å². The molecule has 1 aromatic rings. The maximum atomic E-state index is 10.3. The predicted molar refractivity (Wildman–Crippen MR) is 110 cm³/mol. The Morgan fingerprint density at radius 1 is 1.21 bits per heavy atom. The molecule has 0 spiro atoms. The fourth-order valence-electron chi connectivity index (χ4n) is 3.47. The van der Waals surface area contributed by atoms with Gasteiger partial charge >= 0.3 is 0 Å². The lowest BCUT2D eigenvalue weighted by molar-refractivity contribution is 0.465. The summed E-state index contributed by atoms with van der Waals surface area (Å²) in [7, 11) is 0. The van der Waals surface area contributed by atoms with E-state index in [-0.39, 0.29) is 24.0 Å². The van der Waals surface area contributed by atoms with E-state index in [1.54, 1.807) is 0 Å². The summed E-state index contributed by atoms with van der Waals surface area (Å²) in [4.78, 5) is 4.72. The monoisotopic (exact) mass is 441 g/mol. The summed E-state index contributed by atoms with van der Waals surface area (Å²) < 4.78 is 0. The fourth-order valence-corrected chi connectivity index (χ4v) is 3.47. The highest BCUT2D eigenvalue weighted by molar-refractivity contribution is 14.0. The van der Waals surface area contributed by atoms with Gasteiger partial charge in [-0.25, -0.2) is 4.99 Å². The van der Waals surface area contributed by atoms with Gasteiger partial charge in [-0.05, 0) is 62.6 Å². The standard InChI is InChI=1S/C19H27N3O.HI/c1-2-20-19(22-15-8-4-5-9-15)21-13-17-16-10-6-3-7-14(16)11-12-18(17)23;/h4-5,11-12,15,23H,2-3,6-10,13H2,1H3,(H2,20,21,22);1H. The SMILES string of the molecule is CCNC(=NCc1c(O)ccc2c1CCCC2)NC1CC=CC1.I. The third-order valence-electron chi connectivity index (χ3n) is 4.71. The van der Waals surface area contributed by atoms with Crippen LogP contribution >= 0.6 is 24.0 Å². The molecule has 3 rings (SSSR count). The molecule has 3 N–H and O–H groups in total. The van der Waals surface area contributed by atoms with Gasteiger partial charge in [0.1, 0.15) is 5.75 Å². The first-order valence-corrected chi connectivity index (χ1v) is 8.80. The summed E-state index contributed by atoms with van der Waals surface area (Å²) >= 11 is 0. The minimum atomic E-state index is 0. The Morgan fingerprint density at radius 2 is 1.96 bits per heavy atom. The van der Waals surface area contributed by atoms with Crippen molar-refractivity contribution in [2.24, 2.45) is 4.99 Å². The number of benzene rings is 1. The van der Waals surface area contributed by atoms with Crippen molar-refractivity contribution in [1.82, 2.24) is 10.6 Å². The van der Waals surface area contributed by atoms with Crippen LogP contribution < -0.4 is 10.6 Å². The third-order valence-corrected chi connectivity index (χ3v) is 4.71. The highest BCUT2D eigenvalue weighted by atomic mass is 127. The summed E-state index contributed by atoms with van der Waals surface area (Å²) in [5.74, 6) is 1.22. The van der Waals surface area contributed by atoms with Crippen molar-refractivity contribution in [2.45, 2.75) is 58.0 Å². The molecule has 5 heteroatoms. The largest absolute Gasteiger partial charge is 0.508 e. The number of aliphatic imine (C=N–C) groups is 1. The van der Waals surface area contributed by atoms with E-state index >= 15 is 0 Å². The van der Waals surface area contributed by atoms with Gasteiger partial charge in [-0.15, -0.1) is 24.0 Å². The Hall–Kier alpha value is -1.24. The van der Waals surface area contributed by atoms with Crippen LogP contribution in [0.15, 0.2) is 29.3 Å². The van der Waals surface area contributed by atoms with Crippen LogP contribution in [0.25, 0.3) is 0 Å². The van der Waals surface area contributed by atoms with E-state index in [4.69, 9.17) is 4.99 Å². The minimum Gasteiger partial charge on any atom is -0.508 e. The van der Waals surface area contributed by atoms with Gasteiger partial charge in [0.2, 0.25) is 0 Å². The van der Waals surface area contributed by atoms with Crippen LogP contribution in [-0.2, 0) is 19.4 Å². The number of guanidine groups is 1. The van der Waals surface area contributed by atoms with Gasteiger partial charge in [-0.1, -0.05) is 18.2 Å². The Bertz CT molecular complexity index is 605. The number of aromatic hydroxyl groups is 1. The van der Waals surface area contributed by atoms with Gasteiger partial charge in [0.15, 0.2) is 5.96 Å². The van der Waals surface area contributed by atoms with Crippen LogP contribution in [0.3, 0.4) is 0 Å². The quantitative estimate of drug-likeness (QED) is 0.289. The van der Waals surface area contributed by atoms with Crippen LogP contribution in [0.4, 0.5) is 0 Å². The number of phenols is 1. The van der Waals surface area contributed by atoms with E-state index in [0.717, 1.165) is 43.8 Å². The molecule has 0 heterocycles. The molecule has 0 radical (unpaired) electrons. The zero-order chi connectivity index (χ0) is 16.1. The Labute approximate surface area is 161 Å². The van der Waals surface area contributed by atoms with E-state index in [1.165, 1.54) is 24.0 Å². The van der Waals surface area contributed by atoms with Crippen molar-refractivity contribution in [2.75, 3.05) is 6.54 Å². The number of rotatable bonds is 4. The first kappa shape index (κ1) is 19.1. The normalized spacial score (nSPS) is 17.3. The first-order chi connectivity index (χ1) is 11.3. The molecule has 0 unspecified atom stereocenters. The number of phenolic OH excluding ortho intramolecular Hbond substituents is 1. The van der Waals surface area contributed by atoms with Crippen LogP contribution in [-0.4, -0.2) is 23.7 Å². The molecular weight excluding hydrogens is 413 g/mol. The zero-order valence-corrected chi connectivity index (χ0v) is 16.7. The van der Waals surface area contributed by atoms with Gasteiger partial charge in [-0.2, -0.15) is 0 Å². The molecule has 4 nitrogen and oxygen atoms in total. The topological polar surface area (TPSA) is 56.7 Å². The number of halogens is 1. The Balaban J connectivity index is 0.00000208. The molecule has 1 aromatic carbocycles. The van der Waals surface area contributed by atoms with E-state index < -0.39 is 0 Å². The molecule has 0 atom stereocenters. The summed E-state index contributed by atoms with van der Waals surface area (Å²) in [5.41, 5.74) is 3.71. The second-order valence-corrected chi connectivity index (χ2v) is 6.39. The van der Waals surface area contributed by atoms with Gasteiger partial charge < -0.3 is 15.7 Å². The molecule has 0 aromatic heterocycles. The molecule has 0 saturated carbocycles. The van der Waals surface area contributed by atoms with Crippen molar-refractivity contribution >= 4 is 29.9 Å². The average molecular weight is 441 g/mol. The number of fused-ring (bicyclic) bond motifs is 1. The Morgan fingerprint density at radius 3 is 2.71 bits per heavy atom. The molecule has 0 saturated heterocycles. The van der Waals surface area contributed by atoms with Crippen molar-refractivity contribution in [1.29, 1.82) is 0 Å². The molecule has 0 fully saturated rings. The molecule has 0 bridgehead atoms. The number of aryl methyl sites for hydroxylation is 1. The van der Waals surface area contributed by atoms with Crippen LogP contribution in [0.1, 0.15) is 49.3 Å². The van der Waals surface area contributed by atoms with E-state index in [0.29, 0.717) is 18.3 Å². The Kier molecular flexibility index (Phi) is 7.40. The average Bonchev–Trinajstić information content (AvgIpc) is 3.07. The molecule has 0 amide bonds. The lowest BCUT2D eigenvalue weighted by atomic mass is 9.88. The number of hydrogen-bond acceptors (Lipinski definition) is 2. The van der Waals surface area contributed by atoms with Gasteiger partial charge in [0.05, 0.1) is 6.54 Å². The highest BCUT2D eigenvalue weighted by Gasteiger charge is 2.17. The summed E-state index contributed by atoms with van der Waals surface area (Å²) in [6, 6.07) is 4.34. The van der Waals surface area contributed by atoms with Crippen molar-refractivity contribution in [3.8, 4) is 5.75 Å². The second kappa shape index (κ2) is 9.30. The maximum absolute atomic E-state index is 10.3. The summed E-state index contributed by atoms with van der Waals surface area (Å²) in [5, 5.41) is 17.1. The van der Waals surface area contributed by atoms with Crippen molar-refractivity contribution in [3.63, 3.8) is 0 Å². The molecule has 2 aliphatic carbocycles. The van der Waals surface area contributed by atoms with Gasteiger partial charge in [-0.3, -0.25) is 0 Å². The molecule has 0 aliphatic heterocycles. The summed E-state index contributed by atoms with van der Waals surface area (Å²) in [6.45, 7) is 3.45. The van der Waals surface area contributed by atoms with Crippen LogP contribution in [0.5, 0.6) is 5.75 Å². The number of nitrogens with zero attached hydrogens (tertiary/aromatic N) is 1. The lowest BCUT2D eigenvalue weighted by Gasteiger charge is -2.20. The maximum Gasteiger partial charge on any atom is 0.191 e. The van der Waals surface area contributed by atoms with Gasteiger partial charge in [0.25, 0.3) is 0 Å². The lowest BCUT2D eigenvalue weighted by Crippen LogP contribution is -2.42. The molecule has 2 aliphatic rings. The van der Waals surface area contributed by atoms with Crippen LogP contribution in [0, 0.1) is 0 Å². The third kappa shape index (κ3) is 4.65. The number of hydrogen-bond donors (Lipinski definition) is 3. The molecular formula is C19H28IN3O. The molecule has 24 heavy (non-hydrogen) atoms.